The molecule has 4 aliphatic rings. The smallest absolute Gasteiger partial charge is 0.356 e. The third kappa shape index (κ3) is 2.93. The summed E-state index contributed by atoms with van der Waals surface area (Å²) in [5, 5.41) is 19.7. The molecule has 27 heavy (non-hydrogen) atoms. The summed E-state index contributed by atoms with van der Waals surface area (Å²) in [5.41, 5.74) is 1.74. The number of imidazole rings is 1. The molecular weight excluding hydrogens is 340 g/mol. The number of aryl methyl sites for hydroxylation is 1. The number of hydrogen-bond donors (Lipinski definition) is 3. The number of aromatic amines is 1. The van der Waals surface area contributed by atoms with Crippen LogP contribution in [0.2, 0.25) is 0 Å². The Labute approximate surface area is 158 Å². The van der Waals surface area contributed by atoms with Crippen molar-refractivity contribution < 1.29 is 15.0 Å². The van der Waals surface area contributed by atoms with Gasteiger partial charge in [0.15, 0.2) is 5.69 Å². The highest BCUT2D eigenvalue weighted by atomic mass is 16.4. The SMILES string of the molecule is O=C(O)c1nc(-c2ccccc2O)[nH]c1CCC12CC3CC(CC(C3)C1)C2. The molecule has 0 unspecified atom stereocenters. The summed E-state index contributed by atoms with van der Waals surface area (Å²) >= 11 is 0. The molecule has 0 aliphatic heterocycles. The van der Waals surface area contributed by atoms with Gasteiger partial charge in [-0.2, -0.15) is 0 Å². The highest BCUT2D eigenvalue weighted by Crippen LogP contribution is 2.61. The van der Waals surface area contributed by atoms with Crippen LogP contribution >= 0.6 is 0 Å². The van der Waals surface area contributed by atoms with Crippen LogP contribution in [-0.2, 0) is 6.42 Å². The van der Waals surface area contributed by atoms with E-state index in [-0.39, 0.29) is 11.4 Å². The highest BCUT2D eigenvalue weighted by molar-refractivity contribution is 5.88. The summed E-state index contributed by atoms with van der Waals surface area (Å²) in [5.74, 6) is 2.23. The van der Waals surface area contributed by atoms with Crippen molar-refractivity contribution in [3.05, 3.63) is 35.7 Å². The van der Waals surface area contributed by atoms with E-state index in [4.69, 9.17) is 0 Å². The molecule has 5 heteroatoms. The maximum absolute atomic E-state index is 11.7. The molecule has 5 nitrogen and oxygen atoms in total. The number of aromatic nitrogens is 2. The Morgan fingerprint density at radius 2 is 1.74 bits per heavy atom. The van der Waals surface area contributed by atoms with E-state index in [9.17, 15) is 15.0 Å². The van der Waals surface area contributed by atoms with Crippen LogP contribution in [0.5, 0.6) is 5.75 Å². The zero-order chi connectivity index (χ0) is 18.6. The molecular formula is C22H26N2O3. The number of phenolic OH excluding ortho intramolecular Hbond substituents is 1. The third-order valence-electron chi connectivity index (χ3n) is 7.21. The van der Waals surface area contributed by atoms with Crippen molar-refractivity contribution in [3.8, 4) is 17.1 Å². The van der Waals surface area contributed by atoms with Gasteiger partial charge >= 0.3 is 5.97 Å². The van der Waals surface area contributed by atoms with Crippen LogP contribution in [0, 0.1) is 23.2 Å². The molecule has 1 aromatic carbocycles. The molecule has 0 amide bonds. The molecule has 0 spiro atoms. The standard InChI is InChI=1S/C22H26N2O3/c25-18-4-2-1-3-16(18)20-23-17(19(24-20)21(26)27)5-6-22-10-13-7-14(11-22)9-15(8-13)12-22/h1-4,13-15,25H,5-12H2,(H,23,24)(H,26,27). The molecule has 0 saturated heterocycles. The zero-order valence-corrected chi connectivity index (χ0v) is 15.4. The maximum atomic E-state index is 11.7. The molecule has 3 N–H and O–H groups in total. The number of carbonyl (C=O) groups is 1. The van der Waals surface area contributed by atoms with Gasteiger partial charge in [-0.1, -0.05) is 12.1 Å². The number of phenols is 1. The molecule has 1 heterocycles. The van der Waals surface area contributed by atoms with Crippen molar-refractivity contribution in [1.29, 1.82) is 0 Å². The van der Waals surface area contributed by atoms with E-state index in [1.54, 1.807) is 18.2 Å². The maximum Gasteiger partial charge on any atom is 0.356 e. The zero-order valence-electron chi connectivity index (χ0n) is 15.4. The van der Waals surface area contributed by atoms with Gasteiger partial charge in [-0.15, -0.1) is 0 Å². The van der Waals surface area contributed by atoms with Crippen molar-refractivity contribution in [2.45, 2.75) is 51.4 Å². The number of aromatic hydroxyl groups is 1. The Morgan fingerprint density at radius 1 is 1.11 bits per heavy atom. The van der Waals surface area contributed by atoms with Crippen LogP contribution in [0.3, 0.4) is 0 Å². The van der Waals surface area contributed by atoms with Crippen LogP contribution in [0.1, 0.15) is 61.1 Å². The second-order valence-electron chi connectivity index (χ2n) is 9.15. The van der Waals surface area contributed by atoms with Crippen molar-refractivity contribution >= 4 is 5.97 Å². The normalized spacial score (nSPS) is 31.3. The largest absolute Gasteiger partial charge is 0.507 e. The van der Waals surface area contributed by atoms with Gasteiger partial charge in [0, 0.05) is 5.69 Å². The third-order valence-corrected chi connectivity index (χ3v) is 7.21. The van der Waals surface area contributed by atoms with Gasteiger partial charge in [0.2, 0.25) is 0 Å². The lowest BCUT2D eigenvalue weighted by molar-refractivity contribution is -0.0571. The van der Waals surface area contributed by atoms with Gasteiger partial charge in [-0.05, 0) is 86.7 Å². The number of para-hydroxylation sites is 1. The summed E-state index contributed by atoms with van der Waals surface area (Å²) in [7, 11) is 0. The number of hydrogen-bond acceptors (Lipinski definition) is 3. The molecule has 1 aromatic heterocycles. The van der Waals surface area contributed by atoms with E-state index in [2.05, 4.69) is 9.97 Å². The van der Waals surface area contributed by atoms with E-state index in [1.165, 1.54) is 38.5 Å². The fraction of sp³-hybridized carbons (Fsp3) is 0.545. The molecule has 4 fully saturated rings. The summed E-state index contributed by atoms with van der Waals surface area (Å²) in [6.45, 7) is 0. The van der Waals surface area contributed by atoms with Gasteiger partial charge in [0.25, 0.3) is 0 Å². The van der Waals surface area contributed by atoms with E-state index in [0.29, 0.717) is 28.9 Å². The minimum absolute atomic E-state index is 0.0954. The molecule has 4 bridgehead atoms. The molecule has 4 aliphatic carbocycles. The van der Waals surface area contributed by atoms with Crippen molar-refractivity contribution in [2.75, 3.05) is 0 Å². The lowest BCUT2D eigenvalue weighted by Gasteiger charge is -2.57. The van der Waals surface area contributed by atoms with Crippen LogP contribution in [0.25, 0.3) is 11.4 Å². The molecule has 4 saturated carbocycles. The number of nitrogens with one attached hydrogen (secondary N) is 1. The Balaban J connectivity index is 1.40. The predicted molar refractivity (Wildman–Crippen MR) is 102 cm³/mol. The highest BCUT2D eigenvalue weighted by Gasteiger charge is 2.50. The average Bonchev–Trinajstić information content (AvgIpc) is 3.04. The summed E-state index contributed by atoms with van der Waals surface area (Å²) in [6, 6.07) is 6.90. The number of nitrogens with zero attached hydrogens (tertiary/aromatic N) is 1. The fourth-order valence-corrected chi connectivity index (χ4v) is 6.55. The first kappa shape index (κ1) is 16.8. The number of aromatic carboxylic acids is 1. The second kappa shape index (κ2) is 6.11. The topological polar surface area (TPSA) is 86.2 Å². The summed E-state index contributed by atoms with van der Waals surface area (Å²) < 4.78 is 0. The Morgan fingerprint density at radius 3 is 2.33 bits per heavy atom. The summed E-state index contributed by atoms with van der Waals surface area (Å²) in [4.78, 5) is 19.2. The van der Waals surface area contributed by atoms with Crippen LogP contribution in [0.15, 0.2) is 24.3 Å². The Hall–Kier alpha value is -2.30. The molecule has 2 aromatic rings. The Kier molecular flexibility index (Phi) is 3.81. The first-order valence-corrected chi connectivity index (χ1v) is 10.1. The minimum Gasteiger partial charge on any atom is -0.507 e. The van der Waals surface area contributed by atoms with E-state index >= 15 is 0 Å². The van der Waals surface area contributed by atoms with Gasteiger partial charge in [-0.3, -0.25) is 0 Å². The molecule has 142 valence electrons. The molecule has 0 atom stereocenters. The van der Waals surface area contributed by atoms with E-state index in [1.807, 2.05) is 6.07 Å². The number of benzene rings is 1. The van der Waals surface area contributed by atoms with E-state index < -0.39 is 5.97 Å². The monoisotopic (exact) mass is 366 g/mol. The number of carboxylic acids is 1. The van der Waals surface area contributed by atoms with Gasteiger partial charge in [-0.25, -0.2) is 9.78 Å². The summed E-state index contributed by atoms with van der Waals surface area (Å²) in [6.07, 6.45) is 9.97. The van der Waals surface area contributed by atoms with E-state index in [0.717, 1.165) is 24.2 Å². The quantitative estimate of drug-likeness (QED) is 0.720. The molecule has 0 radical (unpaired) electrons. The molecule has 6 rings (SSSR count). The van der Waals surface area contributed by atoms with Crippen molar-refractivity contribution in [2.24, 2.45) is 23.2 Å². The van der Waals surface area contributed by atoms with Crippen molar-refractivity contribution in [3.63, 3.8) is 0 Å². The lowest BCUT2D eigenvalue weighted by Crippen LogP contribution is -2.46. The average molecular weight is 366 g/mol. The Bertz CT molecular complexity index is 850. The predicted octanol–water partition coefficient (Wildman–Crippen LogP) is 4.63. The lowest BCUT2D eigenvalue weighted by atomic mass is 9.48. The van der Waals surface area contributed by atoms with Gasteiger partial charge in [0.05, 0.1) is 5.56 Å². The second-order valence-corrected chi connectivity index (χ2v) is 9.15. The number of carboxylic acid groups (broad SMARTS) is 1. The fourth-order valence-electron chi connectivity index (χ4n) is 6.55. The van der Waals surface area contributed by atoms with Crippen LogP contribution in [0.4, 0.5) is 0 Å². The van der Waals surface area contributed by atoms with Crippen molar-refractivity contribution in [1.82, 2.24) is 9.97 Å². The first-order chi connectivity index (χ1) is 13.0. The van der Waals surface area contributed by atoms with Crippen LogP contribution in [-0.4, -0.2) is 26.2 Å². The van der Waals surface area contributed by atoms with Crippen LogP contribution < -0.4 is 0 Å². The number of rotatable bonds is 5. The van der Waals surface area contributed by atoms with Gasteiger partial charge < -0.3 is 15.2 Å². The van der Waals surface area contributed by atoms with Gasteiger partial charge in [0.1, 0.15) is 11.6 Å². The number of H-pyrrole nitrogens is 1. The minimum atomic E-state index is -1.01. The first-order valence-electron chi connectivity index (χ1n) is 10.1.